The van der Waals surface area contributed by atoms with Crippen molar-refractivity contribution in [2.45, 2.75) is 0 Å². The van der Waals surface area contributed by atoms with E-state index >= 15 is 0 Å². The summed E-state index contributed by atoms with van der Waals surface area (Å²) in [5, 5.41) is 0.218. The van der Waals surface area contributed by atoms with Crippen molar-refractivity contribution in [3.8, 4) is 0 Å². The summed E-state index contributed by atoms with van der Waals surface area (Å²) in [6, 6.07) is 3.66. The molecule has 0 aliphatic carbocycles. The third-order valence-corrected chi connectivity index (χ3v) is 6.06. The Hall–Kier alpha value is -0.670. The molecule has 1 aromatic rings. The van der Waals surface area contributed by atoms with Crippen LogP contribution in [0, 0.1) is 0 Å². The van der Waals surface area contributed by atoms with E-state index in [4.69, 9.17) is 23.8 Å². The summed E-state index contributed by atoms with van der Waals surface area (Å²) in [6.45, 7) is 0. The predicted octanol–water partition coefficient (Wildman–Crippen LogP) is 0.996. The van der Waals surface area contributed by atoms with E-state index in [1.54, 1.807) is 20.2 Å². The summed E-state index contributed by atoms with van der Waals surface area (Å²) in [5.41, 5.74) is 0.143. The second kappa shape index (κ2) is 5.14. The van der Waals surface area contributed by atoms with E-state index in [1.807, 2.05) is 12.1 Å². The number of thiocarbonyl (C=S) groups is 1. The molecule has 0 atom stereocenters. The molecule has 0 N–H and O–H groups in total. The van der Waals surface area contributed by atoms with Gasteiger partial charge in [0, 0.05) is 0 Å². The van der Waals surface area contributed by atoms with Gasteiger partial charge in [0.05, 0.1) is 0 Å². The van der Waals surface area contributed by atoms with Crippen molar-refractivity contribution in [3.63, 3.8) is 0 Å². The van der Waals surface area contributed by atoms with E-state index in [9.17, 15) is 9.59 Å². The van der Waals surface area contributed by atoms with Gasteiger partial charge in [-0.15, -0.1) is 0 Å². The van der Waals surface area contributed by atoms with Gasteiger partial charge < -0.3 is 0 Å². The molecular weight excluding hydrogens is 387 g/mol. The Morgan fingerprint density at radius 1 is 1.22 bits per heavy atom. The van der Waals surface area contributed by atoms with Crippen LogP contribution in [0.4, 0.5) is 0 Å². The van der Waals surface area contributed by atoms with Gasteiger partial charge in [-0.25, -0.2) is 0 Å². The molecule has 1 aromatic heterocycles. The normalized spacial score (nSPS) is 16.6. The van der Waals surface area contributed by atoms with Crippen LogP contribution in [0.1, 0.15) is 3.58 Å². The zero-order valence-corrected chi connectivity index (χ0v) is 13.5. The minimum absolute atomic E-state index is 0.143. The minimum atomic E-state index is -0.638. The number of carbonyl (C=O) groups is 2. The molecule has 4 nitrogen and oxygen atoms in total. The third-order valence-electron chi connectivity index (χ3n) is 2.52. The van der Waals surface area contributed by atoms with Crippen molar-refractivity contribution in [3.05, 3.63) is 24.3 Å². The van der Waals surface area contributed by atoms with E-state index in [1.165, 1.54) is 9.80 Å². The molecule has 0 bridgehead atoms. The first-order valence-corrected chi connectivity index (χ1v) is 8.10. The second-order valence-corrected chi connectivity index (χ2v) is 8.37. The first-order valence-electron chi connectivity index (χ1n) is 4.99. The van der Waals surface area contributed by atoms with Gasteiger partial charge in [-0.2, -0.15) is 0 Å². The fraction of sp³-hybridized carbons (Fsp3) is 0.182. The number of nitrogens with zero attached hydrogens (tertiary/aromatic N) is 2. The third kappa shape index (κ3) is 2.38. The summed E-state index contributed by atoms with van der Waals surface area (Å²) in [5.74, 6) is -0.723. The van der Waals surface area contributed by atoms with Crippen molar-refractivity contribution in [2.24, 2.45) is 0 Å². The van der Waals surface area contributed by atoms with E-state index < -0.39 is 20.4 Å². The number of rotatable bonds is 1. The molecule has 1 aliphatic heterocycles. The zero-order chi connectivity index (χ0) is 13.4. The molecule has 1 saturated heterocycles. The van der Waals surface area contributed by atoms with Crippen LogP contribution in [0.25, 0.3) is 6.08 Å². The molecular formula is C11H9ClN2O2STe. The molecule has 7 heteroatoms. The maximum absolute atomic E-state index is 12.0. The Bertz CT molecular complexity index is 555. The first kappa shape index (κ1) is 13.8. The van der Waals surface area contributed by atoms with Crippen molar-refractivity contribution >= 4 is 67.3 Å². The average molecular weight is 396 g/mol. The van der Waals surface area contributed by atoms with Crippen LogP contribution >= 0.6 is 23.8 Å². The Labute approximate surface area is 124 Å². The van der Waals surface area contributed by atoms with Crippen LogP contribution in [-0.2, 0) is 9.59 Å². The summed E-state index contributed by atoms with van der Waals surface area (Å²) in [4.78, 5) is 26.6. The maximum atomic E-state index is 12.0. The van der Waals surface area contributed by atoms with Crippen LogP contribution in [0.15, 0.2) is 17.7 Å². The van der Waals surface area contributed by atoms with Gasteiger partial charge in [-0.1, -0.05) is 0 Å². The molecule has 0 spiro atoms. The van der Waals surface area contributed by atoms with E-state index in [0.717, 1.165) is 6.62 Å². The van der Waals surface area contributed by atoms with Gasteiger partial charge in [0.2, 0.25) is 0 Å². The summed E-state index contributed by atoms with van der Waals surface area (Å²) < 4.78 is 1.79. The van der Waals surface area contributed by atoms with Crippen molar-refractivity contribution in [1.29, 1.82) is 0 Å². The van der Waals surface area contributed by atoms with Gasteiger partial charge in [0.25, 0.3) is 0 Å². The number of amides is 2. The molecule has 1 aliphatic rings. The fourth-order valence-corrected chi connectivity index (χ4v) is 4.27. The molecule has 0 radical (unpaired) electrons. The van der Waals surface area contributed by atoms with Crippen LogP contribution in [0.5, 0.6) is 0 Å². The standard InChI is InChI=1S/C11H9ClN2O2STe/c1-13-9(15)7(10(16)14(2)11(13)17)5-6-3-4-8(12)18-6/h3-5H,1-2H3. The van der Waals surface area contributed by atoms with Crippen LogP contribution in [-0.4, -0.2) is 61.3 Å². The van der Waals surface area contributed by atoms with Crippen molar-refractivity contribution in [1.82, 2.24) is 9.80 Å². The Morgan fingerprint density at radius 3 is 2.22 bits per heavy atom. The molecule has 0 unspecified atom stereocenters. The number of carbonyl (C=O) groups excluding carboxylic acids is 2. The monoisotopic (exact) mass is 398 g/mol. The summed E-state index contributed by atoms with van der Waals surface area (Å²) in [7, 11) is 3.12. The average Bonchev–Trinajstić information content (AvgIpc) is 2.75. The number of halogens is 1. The molecule has 2 amide bonds. The Balaban J connectivity index is 2.43. The second-order valence-electron chi connectivity index (χ2n) is 3.71. The van der Waals surface area contributed by atoms with Crippen molar-refractivity contribution in [2.75, 3.05) is 14.1 Å². The van der Waals surface area contributed by atoms with E-state index in [-0.39, 0.29) is 22.5 Å². The number of likely N-dealkylation sites (N-methyl/N-ethyl adjacent to an activating group) is 2. The first-order chi connectivity index (χ1) is 8.41. The van der Waals surface area contributed by atoms with Gasteiger partial charge in [0.15, 0.2) is 0 Å². The predicted molar refractivity (Wildman–Crippen MR) is 74.5 cm³/mol. The van der Waals surface area contributed by atoms with Crippen molar-refractivity contribution < 1.29 is 9.59 Å². The molecule has 2 heterocycles. The van der Waals surface area contributed by atoms with E-state index in [2.05, 4.69) is 0 Å². The molecule has 0 aromatic carbocycles. The molecule has 0 saturated carbocycles. The van der Waals surface area contributed by atoms with Crippen LogP contribution in [0.2, 0.25) is 3.04 Å². The number of hydrogen-bond donors (Lipinski definition) is 0. The van der Waals surface area contributed by atoms with Gasteiger partial charge >= 0.3 is 125 Å². The molecule has 1 fully saturated rings. The van der Waals surface area contributed by atoms with Gasteiger partial charge in [-0.3, -0.25) is 0 Å². The summed E-state index contributed by atoms with van der Waals surface area (Å²) >= 11 is 10.3. The molecule has 18 heavy (non-hydrogen) atoms. The molecule has 2 rings (SSSR count). The Kier molecular flexibility index (Phi) is 3.93. The quantitative estimate of drug-likeness (QED) is 0.308. The van der Waals surface area contributed by atoms with Gasteiger partial charge in [-0.05, 0) is 0 Å². The SMILES string of the molecule is CN1C(=O)C(=Cc2ccc(Cl)[te]2)C(=O)N(C)C1=S. The topological polar surface area (TPSA) is 40.6 Å². The Morgan fingerprint density at radius 2 is 1.78 bits per heavy atom. The zero-order valence-electron chi connectivity index (χ0n) is 9.64. The summed E-state index contributed by atoms with van der Waals surface area (Å²) in [6.07, 6.45) is 1.63. The van der Waals surface area contributed by atoms with E-state index in [0.29, 0.717) is 0 Å². The van der Waals surface area contributed by atoms with Crippen LogP contribution in [0.3, 0.4) is 0 Å². The fourth-order valence-electron chi connectivity index (χ4n) is 1.52. The number of hydrogen-bond acceptors (Lipinski definition) is 3. The molecule has 94 valence electrons. The van der Waals surface area contributed by atoms with Crippen LogP contribution < -0.4 is 0 Å². The van der Waals surface area contributed by atoms with Gasteiger partial charge in [0.1, 0.15) is 0 Å².